The van der Waals surface area contributed by atoms with Crippen molar-refractivity contribution in [2.45, 2.75) is 56.9 Å². The van der Waals surface area contributed by atoms with Crippen LogP contribution in [0, 0.1) is 0 Å². The second-order valence-corrected chi connectivity index (χ2v) is 5.63. The van der Waals surface area contributed by atoms with Gasteiger partial charge in [-0.05, 0) is 19.4 Å². The van der Waals surface area contributed by atoms with Crippen molar-refractivity contribution >= 4 is 0 Å². The summed E-state index contributed by atoms with van der Waals surface area (Å²) >= 11 is 0. The van der Waals surface area contributed by atoms with Crippen LogP contribution in [0.4, 0.5) is 0 Å². The molecule has 19 heavy (non-hydrogen) atoms. The Hall–Kier alpha value is -0.940. The SMILES string of the molecule is CCNC1COCC1c1nc(C2CCCCC2)no1. The molecule has 1 aromatic rings. The summed E-state index contributed by atoms with van der Waals surface area (Å²) in [7, 11) is 0. The van der Waals surface area contributed by atoms with Crippen LogP contribution in [-0.4, -0.2) is 35.9 Å². The average Bonchev–Trinajstić information content (AvgIpc) is 3.08. The van der Waals surface area contributed by atoms with E-state index in [0.717, 1.165) is 24.9 Å². The van der Waals surface area contributed by atoms with Gasteiger partial charge in [0, 0.05) is 12.0 Å². The summed E-state index contributed by atoms with van der Waals surface area (Å²) < 4.78 is 11.0. The molecule has 5 heteroatoms. The van der Waals surface area contributed by atoms with Crippen molar-refractivity contribution in [3.63, 3.8) is 0 Å². The van der Waals surface area contributed by atoms with E-state index >= 15 is 0 Å². The largest absolute Gasteiger partial charge is 0.379 e. The number of nitrogens with one attached hydrogen (secondary N) is 1. The van der Waals surface area contributed by atoms with Crippen molar-refractivity contribution in [2.24, 2.45) is 0 Å². The van der Waals surface area contributed by atoms with Crippen LogP contribution < -0.4 is 5.32 Å². The third-order valence-corrected chi connectivity index (χ3v) is 4.29. The maximum Gasteiger partial charge on any atom is 0.233 e. The van der Waals surface area contributed by atoms with Crippen LogP contribution in [0.1, 0.15) is 62.6 Å². The van der Waals surface area contributed by atoms with Crippen LogP contribution in [0.2, 0.25) is 0 Å². The molecule has 0 radical (unpaired) electrons. The maximum absolute atomic E-state index is 5.54. The molecule has 2 atom stereocenters. The maximum atomic E-state index is 5.54. The van der Waals surface area contributed by atoms with Crippen LogP contribution in [-0.2, 0) is 4.74 Å². The van der Waals surface area contributed by atoms with Crippen LogP contribution in [0.25, 0.3) is 0 Å². The van der Waals surface area contributed by atoms with Crippen LogP contribution in [0.3, 0.4) is 0 Å². The molecule has 1 saturated carbocycles. The number of rotatable bonds is 4. The summed E-state index contributed by atoms with van der Waals surface area (Å²) in [4.78, 5) is 4.65. The van der Waals surface area contributed by atoms with Gasteiger partial charge in [-0.25, -0.2) is 0 Å². The molecule has 0 amide bonds. The molecule has 0 bridgehead atoms. The molecule has 2 heterocycles. The van der Waals surface area contributed by atoms with E-state index in [4.69, 9.17) is 9.26 Å². The highest BCUT2D eigenvalue weighted by Gasteiger charge is 2.34. The summed E-state index contributed by atoms with van der Waals surface area (Å²) in [6.07, 6.45) is 6.34. The normalized spacial score (nSPS) is 28.9. The van der Waals surface area contributed by atoms with Crippen molar-refractivity contribution in [2.75, 3.05) is 19.8 Å². The van der Waals surface area contributed by atoms with E-state index in [1.807, 2.05) is 0 Å². The fraction of sp³-hybridized carbons (Fsp3) is 0.857. The van der Waals surface area contributed by atoms with Gasteiger partial charge in [0.15, 0.2) is 5.82 Å². The van der Waals surface area contributed by atoms with Crippen LogP contribution in [0.5, 0.6) is 0 Å². The number of nitrogens with zero attached hydrogens (tertiary/aromatic N) is 2. The third kappa shape index (κ3) is 2.82. The van der Waals surface area contributed by atoms with Gasteiger partial charge >= 0.3 is 0 Å². The van der Waals surface area contributed by atoms with Crippen molar-refractivity contribution in [3.05, 3.63) is 11.7 Å². The topological polar surface area (TPSA) is 60.2 Å². The molecule has 106 valence electrons. The molecule has 1 aromatic heterocycles. The van der Waals surface area contributed by atoms with Crippen LogP contribution >= 0.6 is 0 Å². The number of aromatic nitrogens is 2. The Morgan fingerprint density at radius 1 is 1.21 bits per heavy atom. The molecule has 5 nitrogen and oxygen atoms in total. The minimum Gasteiger partial charge on any atom is -0.379 e. The Kier molecular flexibility index (Phi) is 4.13. The van der Waals surface area contributed by atoms with Crippen molar-refractivity contribution in [1.29, 1.82) is 0 Å². The zero-order chi connectivity index (χ0) is 13.1. The first-order valence-electron chi connectivity index (χ1n) is 7.53. The van der Waals surface area contributed by atoms with Gasteiger partial charge in [-0.3, -0.25) is 0 Å². The Morgan fingerprint density at radius 3 is 2.84 bits per heavy atom. The van der Waals surface area contributed by atoms with Crippen LogP contribution in [0.15, 0.2) is 4.52 Å². The summed E-state index contributed by atoms with van der Waals surface area (Å²) in [6, 6.07) is 0.310. The standard InChI is InChI=1S/C14H23N3O2/c1-2-15-12-9-18-8-11(12)14-16-13(17-19-14)10-6-4-3-5-7-10/h10-12,15H,2-9H2,1H3. The van der Waals surface area contributed by atoms with Crippen molar-refractivity contribution in [1.82, 2.24) is 15.5 Å². The first-order chi connectivity index (χ1) is 9.38. The van der Waals surface area contributed by atoms with Gasteiger partial charge in [0.2, 0.25) is 5.89 Å². The molecule has 1 saturated heterocycles. The zero-order valence-corrected chi connectivity index (χ0v) is 11.6. The Labute approximate surface area is 114 Å². The van der Waals surface area contributed by atoms with E-state index in [0.29, 0.717) is 18.6 Å². The minimum atomic E-state index is 0.213. The number of hydrogen-bond acceptors (Lipinski definition) is 5. The highest BCUT2D eigenvalue weighted by atomic mass is 16.5. The predicted molar refractivity (Wildman–Crippen MR) is 71.1 cm³/mol. The van der Waals surface area contributed by atoms with E-state index in [1.54, 1.807) is 0 Å². The predicted octanol–water partition coefficient (Wildman–Crippen LogP) is 2.21. The first kappa shape index (κ1) is 13.1. The van der Waals surface area contributed by atoms with E-state index in [2.05, 4.69) is 22.4 Å². The minimum absolute atomic E-state index is 0.213. The highest BCUT2D eigenvalue weighted by molar-refractivity contribution is 5.05. The van der Waals surface area contributed by atoms with Gasteiger partial charge in [0.1, 0.15) is 0 Å². The number of hydrogen-bond donors (Lipinski definition) is 1. The molecular weight excluding hydrogens is 242 g/mol. The highest BCUT2D eigenvalue weighted by Crippen LogP contribution is 2.32. The first-order valence-corrected chi connectivity index (χ1v) is 7.53. The van der Waals surface area contributed by atoms with Gasteiger partial charge in [-0.2, -0.15) is 4.98 Å². The van der Waals surface area contributed by atoms with Crippen molar-refractivity contribution < 1.29 is 9.26 Å². The summed E-state index contributed by atoms with van der Waals surface area (Å²) in [6.45, 7) is 4.47. The molecule has 3 rings (SSSR count). The van der Waals surface area contributed by atoms with E-state index in [-0.39, 0.29) is 5.92 Å². The summed E-state index contributed by atoms with van der Waals surface area (Å²) in [5.41, 5.74) is 0. The zero-order valence-electron chi connectivity index (χ0n) is 11.6. The quantitative estimate of drug-likeness (QED) is 0.904. The van der Waals surface area contributed by atoms with Gasteiger partial charge in [-0.15, -0.1) is 0 Å². The molecule has 1 N–H and O–H groups in total. The fourth-order valence-electron chi connectivity index (χ4n) is 3.19. The summed E-state index contributed by atoms with van der Waals surface area (Å²) in [5.74, 6) is 2.39. The van der Waals surface area contributed by atoms with Gasteiger partial charge in [0.05, 0.1) is 19.1 Å². The molecule has 0 spiro atoms. The Morgan fingerprint density at radius 2 is 2.05 bits per heavy atom. The van der Waals surface area contributed by atoms with Gasteiger partial charge < -0.3 is 14.6 Å². The lowest BCUT2D eigenvalue weighted by Gasteiger charge is -2.17. The molecule has 0 aromatic carbocycles. The van der Waals surface area contributed by atoms with E-state index in [1.165, 1.54) is 32.1 Å². The van der Waals surface area contributed by atoms with E-state index < -0.39 is 0 Å². The molecular formula is C14H23N3O2. The lowest BCUT2D eigenvalue weighted by molar-refractivity contribution is 0.185. The van der Waals surface area contributed by atoms with Gasteiger partial charge in [0.25, 0.3) is 0 Å². The Bertz CT molecular complexity index is 401. The second kappa shape index (κ2) is 6.01. The second-order valence-electron chi connectivity index (χ2n) is 5.63. The average molecular weight is 265 g/mol. The third-order valence-electron chi connectivity index (χ3n) is 4.29. The molecule has 2 unspecified atom stereocenters. The Balaban J connectivity index is 1.69. The van der Waals surface area contributed by atoms with Gasteiger partial charge in [-0.1, -0.05) is 31.3 Å². The molecule has 1 aliphatic carbocycles. The lowest BCUT2D eigenvalue weighted by Crippen LogP contribution is -2.34. The number of likely N-dealkylation sites (N-methyl/N-ethyl adjacent to an activating group) is 1. The van der Waals surface area contributed by atoms with E-state index in [9.17, 15) is 0 Å². The molecule has 2 fully saturated rings. The fourth-order valence-corrected chi connectivity index (χ4v) is 3.19. The molecule has 1 aliphatic heterocycles. The smallest absolute Gasteiger partial charge is 0.233 e. The lowest BCUT2D eigenvalue weighted by atomic mass is 9.89. The van der Waals surface area contributed by atoms with Crippen molar-refractivity contribution in [3.8, 4) is 0 Å². The summed E-state index contributed by atoms with van der Waals surface area (Å²) in [5, 5.41) is 7.64. The monoisotopic (exact) mass is 265 g/mol. The number of ether oxygens (including phenoxy) is 1. The molecule has 2 aliphatic rings.